The van der Waals surface area contributed by atoms with E-state index in [2.05, 4.69) is 0 Å². The highest BCUT2D eigenvalue weighted by Crippen LogP contribution is 2.41. The first-order chi connectivity index (χ1) is 11.2. The Morgan fingerprint density at radius 3 is 1.96 bits per heavy atom. The average molecular weight is 336 g/mol. The van der Waals surface area contributed by atoms with Crippen molar-refractivity contribution in [3.05, 3.63) is 69.3 Å². The number of alkyl halides is 3. The molecule has 0 saturated carbocycles. The van der Waals surface area contributed by atoms with Crippen LogP contribution in [0.2, 0.25) is 0 Å². The van der Waals surface area contributed by atoms with Gasteiger partial charge >= 0.3 is 6.18 Å². The van der Waals surface area contributed by atoms with Gasteiger partial charge in [0.25, 0.3) is 17.5 Å². The third-order valence-electron chi connectivity index (χ3n) is 3.53. The van der Waals surface area contributed by atoms with Crippen LogP contribution >= 0.6 is 0 Å². The summed E-state index contributed by atoms with van der Waals surface area (Å²) in [5.74, 6) is -1.81. The van der Waals surface area contributed by atoms with Crippen LogP contribution in [0.1, 0.15) is 26.3 Å². The van der Waals surface area contributed by atoms with Crippen molar-refractivity contribution in [2.45, 2.75) is 6.18 Å². The van der Waals surface area contributed by atoms with Crippen molar-refractivity contribution in [3.8, 4) is 0 Å². The normalized spacial score (nSPS) is 14.0. The quantitative estimate of drug-likeness (QED) is 0.478. The molecule has 0 N–H and O–H groups in total. The fourth-order valence-corrected chi connectivity index (χ4v) is 2.47. The largest absolute Gasteiger partial charge is 0.418 e. The zero-order valence-corrected chi connectivity index (χ0v) is 11.7. The van der Waals surface area contributed by atoms with Crippen LogP contribution in [-0.4, -0.2) is 16.7 Å². The highest BCUT2D eigenvalue weighted by atomic mass is 19.4. The smallest absolute Gasteiger partial charge is 0.268 e. The number of hydrogen-bond donors (Lipinski definition) is 0. The second-order valence-corrected chi connectivity index (χ2v) is 4.95. The van der Waals surface area contributed by atoms with Gasteiger partial charge in [-0.3, -0.25) is 19.7 Å². The molecule has 3 rings (SSSR count). The molecule has 9 heteroatoms. The molecule has 2 amide bonds. The number of fused-ring (bicyclic) bond motifs is 1. The minimum Gasteiger partial charge on any atom is -0.268 e. The number of carbonyl (C=O) groups is 2. The van der Waals surface area contributed by atoms with Crippen LogP contribution in [0.15, 0.2) is 42.5 Å². The maximum atomic E-state index is 13.3. The van der Waals surface area contributed by atoms with Crippen molar-refractivity contribution in [1.82, 2.24) is 0 Å². The van der Waals surface area contributed by atoms with E-state index in [1.165, 1.54) is 24.3 Å². The van der Waals surface area contributed by atoms with Crippen LogP contribution < -0.4 is 4.90 Å². The number of anilines is 1. The molecule has 0 aliphatic carbocycles. The van der Waals surface area contributed by atoms with Gasteiger partial charge < -0.3 is 0 Å². The van der Waals surface area contributed by atoms with Crippen molar-refractivity contribution in [1.29, 1.82) is 0 Å². The lowest BCUT2D eigenvalue weighted by Gasteiger charge is -2.19. The molecule has 122 valence electrons. The minimum absolute atomic E-state index is 0.0195. The first-order valence-corrected chi connectivity index (χ1v) is 6.55. The molecule has 0 spiro atoms. The second kappa shape index (κ2) is 5.15. The van der Waals surface area contributed by atoms with E-state index < -0.39 is 39.9 Å². The Bertz CT molecular complexity index is 858. The Labute approximate surface area is 132 Å². The van der Waals surface area contributed by atoms with Crippen molar-refractivity contribution in [3.63, 3.8) is 0 Å². The Balaban J connectivity index is 2.19. The number of benzene rings is 2. The van der Waals surface area contributed by atoms with Crippen LogP contribution in [0.4, 0.5) is 24.5 Å². The number of non-ortho nitro benzene ring substituents is 1. The first kappa shape index (κ1) is 15.7. The van der Waals surface area contributed by atoms with Crippen LogP contribution in [0, 0.1) is 10.1 Å². The number of amides is 2. The number of hydrogen-bond acceptors (Lipinski definition) is 4. The monoisotopic (exact) mass is 336 g/mol. The lowest BCUT2D eigenvalue weighted by atomic mass is 10.1. The van der Waals surface area contributed by atoms with Gasteiger partial charge in [-0.25, -0.2) is 4.90 Å². The van der Waals surface area contributed by atoms with E-state index in [0.717, 1.165) is 12.1 Å². The molecular weight excluding hydrogens is 329 g/mol. The van der Waals surface area contributed by atoms with Crippen LogP contribution in [0.5, 0.6) is 0 Å². The summed E-state index contributed by atoms with van der Waals surface area (Å²) in [5.41, 5.74) is -2.99. The molecule has 2 aromatic rings. The van der Waals surface area contributed by atoms with Crippen LogP contribution in [-0.2, 0) is 6.18 Å². The Kier molecular flexibility index (Phi) is 3.36. The maximum absolute atomic E-state index is 13.3. The van der Waals surface area contributed by atoms with E-state index in [0.29, 0.717) is 11.0 Å². The number of nitro groups is 1. The zero-order valence-electron chi connectivity index (χ0n) is 11.7. The van der Waals surface area contributed by atoms with E-state index in [4.69, 9.17) is 0 Å². The van der Waals surface area contributed by atoms with Gasteiger partial charge in [-0.2, -0.15) is 13.2 Å². The third-order valence-corrected chi connectivity index (χ3v) is 3.53. The summed E-state index contributed by atoms with van der Waals surface area (Å²) in [6, 6.07) is 7.49. The fourth-order valence-electron chi connectivity index (χ4n) is 2.47. The third kappa shape index (κ3) is 2.30. The van der Waals surface area contributed by atoms with E-state index in [9.17, 15) is 32.9 Å². The lowest BCUT2D eigenvalue weighted by Crippen LogP contribution is -2.31. The highest BCUT2D eigenvalue weighted by Gasteiger charge is 2.43. The van der Waals surface area contributed by atoms with Gasteiger partial charge in [0, 0.05) is 12.1 Å². The van der Waals surface area contributed by atoms with E-state index >= 15 is 0 Å². The molecule has 1 heterocycles. The van der Waals surface area contributed by atoms with Gasteiger partial charge in [-0.05, 0) is 18.2 Å². The number of rotatable bonds is 2. The molecule has 2 aromatic carbocycles. The van der Waals surface area contributed by atoms with Gasteiger partial charge in [0.05, 0.1) is 27.3 Å². The SMILES string of the molecule is O=C1c2ccccc2C(=O)N1c1ccc([N+](=O)[O-])cc1C(F)(F)F. The van der Waals surface area contributed by atoms with Gasteiger partial charge in [0.2, 0.25) is 0 Å². The van der Waals surface area contributed by atoms with Crippen molar-refractivity contribution >= 4 is 23.2 Å². The Hall–Kier alpha value is -3.23. The molecule has 0 bridgehead atoms. The van der Waals surface area contributed by atoms with E-state index in [-0.39, 0.29) is 11.1 Å². The number of carbonyl (C=O) groups excluding carboxylic acids is 2. The molecule has 0 atom stereocenters. The molecule has 1 aliphatic heterocycles. The van der Waals surface area contributed by atoms with Crippen LogP contribution in [0.3, 0.4) is 0 Å². The average Bonchev–Trinajstić information content (AvgIpc) is 2.78. The van der Waals surface area contributed by atoms with Gasteiger partial charge in [0.15, 0.2) is 0 Å². The van der Waals surface area contributed by atoms with E-state index in [1.54, 1.807) is 0 Å². The second-order valence-electron chi connectivity index (χ2n) is 4.95. The summed E-state index contributed by atoms with van der Waals surface area (Å²) in [6.45, 7) is 0. The summed E-state index contributed by atoms with van der Waals surface area (Å²) in [5, 5.41) is 10.7. The van der Waals surface area contributed by atoms with Crippen LogP contribution in [0.25, 0.3) is 0 Å². The Morgan fingerprint density at radius 1 is 0.958 bits per heavy atom. The summed E-state index contributed by atoms with van der Waals surface area (Å²) < 4.78 is 39.8. The zero-order chi connectivity index (χ0) is 17.6. The first-order valence-electron chi connectivity index (χ1n) is 6.55. The van der Waals surface area contributed by atoms with Crippen molar-refractivity contribution < 1.29 is 27.7 Å². The van der Waals surface area contributed by atoms with E-state index in [1.807, 2.05) is 0 Å². The topological polar surface area (TPSA) is 80.5 Å². The van der Waals surface area contributed by atoms with Gasteiger partial charge in [-0.1, -0.05) is 12.1 Å². The van der Waals surface area contributed by atoms with Gasteiger partial charge in [0.1, 0.15) is 0 Å². The number of imide groups is 1. The Morgan fingerprint density at radius 2 is 1.50 bits per heavy atom. The van der Waals surface area contributed by atoms with Gasteiger partial charge in [-0.15, -0.1) is 0 Å². The molecule has 0 unspecified atom stereocenters. The summed E-state index contributed by atoms with van der Waals surface area (Å²) in [4.78, 5) is 34.7. The molecular formula is C15H7F3N2O4. The van der Waals surface area contributed by atoms with Crippen molar-refractivity contribution in [2.75, 3.05) is 4.90 Å². The lowest BCUT2D eigenvalue weighted by molar-refractivity contribution is -0.385. The highest BCUT2D eigenvalue weighted by molar-refractivity contribution is 6.34. The maximum Gasteiger partial charge on any atom is 0.418 e. The minimum atomic E-state index is -4.98. The standard InChI is InChI=1S/C15H7F3N2O4/c16-15(17,18)11-7-8(20(23)24)5-6-12(11)19-13(21)9-3-1-2-4-10(9)14(19)22/h1-7H. The molecule has 24 heavy (non-hydrogen) atoms. The predicted octanol–water partition coefficient (Wildman–Crippen LogP) is 3.41. The fraction of sp³-hybridized carbons (Fsp3) is 0.0667. The number of nitrogens with zero attached hydrogens (tertiary/aromatic N) is 2. The number of nitro benzene ring substituents is 1. The summed E-state index contributed by atoms with van der Waals surface area (Å²) >= 11 is 0. The summed E-state index contributed by atoms with van der Waals surface area (Å²) in [7, 11) is 0. The molecule has 0 saturated heterocycles. The summed E-state index contributed by atoms with van der Waals surface area (Å²) in [6.07, 6.45) is -4.98. The molecule has 0 fully saturated rings. The molecule has 1 aliphatic rings. The molecule has 6 nitrogen and oxygen atoms in total. The predicted molar refractivity (Wildman–Crippen MR) is 75.7 cm³/mol. The molecule has 0 radical (unpaired) electrons. The number of halogens is 3. The molecule has 0 aromatic heterocycles. The van der Waals surface area contributed by atoms with Crippen molar-refractivity contribution in [2.24, 2.45) is 0 Å².